The molecule has 3 nitrogen and oxygen atoms in total. The summed E-state index contributed by atoms with van der Waals surface area (Å²) in [5, 5.41) is 4.15. The summed E-state index contributed by atoms with van der Waals surface area (Å²) in [6.07, 6.45) is 6.65. The van der Waals surface area contributed by atoms with Crippen LogP contribution in [0.2, 0.25) is 0 Å². The Labute approximate surface area is 111 Å². The average Bonchev–Trinajstić information content (AvgIpc) is 2.88. The smallest absolute Gasteiger partial charge is 0.226 e. The zero-order valence-corrected chi connectivity index (χ0v) is 11.1. The van der Waals surface area contributed by atoms with E-state index in [1.807, 2.05) is 17.7 Å². The number of amides is 1. The first-order valence-corrected chi connectivity index (χ1v) is 7.19. The van der Waals surface area contributed by atoms with Gasteiger partial charge in [0.05, 0.1) is 0 Å². The quantitative estimate of drug-likeness (QED) is 0.841. The van der Waals surface area contributed by atoms with Gasteiger partial charge in [-0.1, -0.05) is 6.08 Å². The predicted molar refractivity (Wildman–Crippen MR) is 72.4 cm³/mol. The van der Waals surface area contributed by atoms with E-state index >= 15 is 0 Å². The summed E-state index contributed by atoms with van der Waals surface area (Å²) in [6, 6.07) is 2.08. The first-order chi connectivity index (χ1) is 8.75. The lowest BCUT2D eigenvalue weighted by molar-refractivity contribution is -0.130. The van der Waals surface area contributed by atoms with E-state index < -0.39 is 0 Å². The fourth-order valence-corrected chi connectivity index (χ4v) is 2.63. The van der Waals surface area contributed by atoms with Crippen LogP contribution in [-0.4, -0.2) is 23.1 Å². The molecule has 1 aliphatic heterocycles. The second-order valence-electron chi connectivity index (χ2n) is 4.43. The molecule has 2 rings (SSSR count). The highest BCUT2D eigenvalue weighted by Gasteiger charge is 2.14. The summed E-state index contributed by atoms with van der Waals surface area (Å²) in [6.45, 7) is 0.695. The first kappa shape index (κ1) is 13.0. The Balaban J connectivity index is 1.93. The minimum Gasteiger partial charge on any atom is -0.319 e. The third kappa shape index (κ3) is 3.81. The molecule has 1 aliphatic rings. The third-order valence-corrected chi connectivity index (χ3v) is 3.77. The van der Waals surface area contributed by atoms with Crippen molar-refractivity contribution in [1.82, 2.24) is 4.90 Å². The number of Topliss-reactive ketones (excluding diaryl/α,β-unsaturated/α-hetero) is 1. The van der Waals surface area contributed by atoms with E-state index in [0.29, 0.717) is 25.8 Å². The van der Waals surface area contributed by atoms with Crippen LogP contribution in [0.4, 0.5) is 0 Å². The Hall–Kier alpha value is -1.42. The van der Waals surface area contributed by atoms with Gasteiger partial charge in [-0.2, -0.15) is 11.3 Å². The third-order valence-electron chi connectivity index (χ3n) is 3.03. The van der Waals surface area contributed by atoms with Gasteiger partial charge in [-0.3, -0.25) is 9.59 Å². The summed E-state index contributed by atoms with van der Waals surface area (Å²) in [4.78, 5) is 25.1. The Morgan fingerprint density at radius 1 is 1.22 bits per heavy atom. The van der Waals surface area contributed by atoms with Gasteiger partial charge < -0.3 is 4.90 Å². The summed E-state index contributed by atoms with van der Waals surface area (Å²) in [5.74, 6) is 0.240. The van der Waals surface area contributed by atoms with E-state index in [1.165, 1.54) is 5.56 Å². The van der Waals surface area contributed by atoms with Gasteiger partial charge in [0.15, 0.2) is 0 Å². The molecule has 0 saturated heterocycles. The highest BCUT2D eigenvalue weighted by Crippen LogP contribution is 2.11. The molecule has 0 bridgehead atoms. The molecule has 0 radical (unpaired) electrons. The van der Waals surface area contributed by atoms with Gasteiger partial charge in [-0.15, -0.1) is 0 Å². The predicted octanol–water partition coefficient (Wildman–Crippen LogP) is 2.78. The summed E-state index contributed by atoms with van der Waals surface area (Å²) in [7, 11) is 0. The molecule has 1 aromatic rings. The molecule has 0 N–H and O–H groups in total. The maximum atomic E-state index is 11.9. The molecule has 2 heterocycles. The fraction of sp³-hybridized carbons (Fsp3) is 0.429. The van der Waals surface area contributed by atoms with Gasteiger partial charge >= 0.3 is 0 Å². The zero-order chi connectivity index (χ0) is 12.8. The average molecular weight is 263 g/mol. The van der Waals surface area contributed by atoms with E-state index in [-0.39, 0.29) is 11.7 Å². The number of hydrogen-bond donors (Lipinski definition) is 0. The number of carbonyl (C=O) groups excluding carboxylic acids is 2. The number of nitrogens with zero attached hydrogens (tertiary/aromatic N) is 1. The monoisotopic (exact) mass is 263 g/mol. The highest BCUT2D eigenvalue weighted by atomic mass is 32.1. The van der Waals surface area contributed by atoms with Crippen molar-refractivity contribution in [2.45, 2.75) is 32.1 Å². The first-order valence-electron chi connectivity index (χ1n) is 6.24. The van der Waals surface area contributed by atoms with Crippen molar-refractivity contribution in [2.75, 3.05) is 6.54 Å². The molecule has 0 spiro atoms. The largest absolute Gasteiger partial charge is 0.319 e. The van der Waals surface area contributed by atoms with Crippen LogP contribution in [0.15, 0.2) is 29.1 Å². The van der Waals surface area contributed by atoms with Crippen LogP contribution in [0, 0.1) is 0 Å². The highest BCUT2D eigenvalue weighted by molar-refractivity contribution is 7.07. The van der Waals surface area contributed by atoms with Gasteiger partial charge in [-0.05, 0) is 35.2 Å². The van der Waals surface area contributed by atoms with E-state index in [4.69, 9.17) is 0 Å². The molecule has 0 aromatic carbocycles. The molecule has 18 heavy (non-hydrogen) atoms. The zero-order valence-electron chi connectivity index (χ0n) is 10.3. The number of thiophene rings is 1. The molecule has 0 aliphatic carbocycles. The van der Waals surface area contributed by atoms with Crippen LogP contribution in [0.5, 0.6) is 0 Å². The lowest BCUT2D eigenvalue weighted by Crippen LogP contribution is -2.27. The number of carbonyl (C=O) groups is 2. The van der Waals surface area contributed by atoms with Crippen molar-refractivity contribution in [3.05, 3.63) is 34.7 Å². The molecule has 96 valence electrons. The number of hydrogen-bond acceptors (Lipinski definition) is 3. The summed E-state index contributed by atoms with van der Waals surface area (Å²) in [5.41, 5.74) is 1.26. The van der Waals surface area contributed by atoms with Crippen molar-refractivity contribution in [3.8, 4) is 0 Å². The number of rotatable bonds is 3. The Morgan fingerprint density at radius 3 is 2.89 bits per heavy atom. The summed E-state index contributed by atoms with van der Waals surface area (Å²) >= 11 is 1.67. The van der Waals surface area contributed by atoms with Gasteiger partial charge in [0.2, 0.25) is 5.91 Å². The van der Waals surface area contributed by atoms with Crippen LogP contribution in [0.25, 0.3) is 0 Å². The minimum atomic E-state index is 0.0525. The molecular weight excluding hydrogens is 246 g/mol. The molecular formula is C14H17NO2S. The molecule has 0 atom stereocenters. The molecule has 1 amide bonds. The van der Waals surface area contributed by atoms with E-state index in [2.05, 4.69) is 11.4 Å². The molecule has 4 heteroatoms. The molecule has 0 saturated carbocycles. The Kier molecular flexibility index (Phi) is 4.70. The number of allylic oxidation sites excluding steroid dienone is 1. The second kappa shape index (κ2) is 6.50. The lowest BCUT2D eigenvalue weighted by Gasteiger charge is -2.17. The van der Waals surface area contributed by atoms with Crippen molar-refractivity contribution >= 4 is 23.0 Å². The van der Waals surface area contributed by atoms with Gasteiger partial charge in [-0.25, -0.2) is 0 Å². The van der Waals surface area contributed by atoms with Crippen molar-refractivity contribution < 1.29 is 9.59 Å². The fourth-order valence-electron chi connectivity index (χ4n) is 1.93. The van der Waals surface area contributed by atoms with Crippen molar-refractivity contribution in [1.29, 1.82) is 0 Å². The standard InChI is InChI=1S/C14H17NO2S/c16-13-3-1-2-8-15(14(17)5-4-13)9-6-12-7-10-18-11-12/h2,7-8,10-11H,1,3-6,9H2/b8-2-. The van der Waals surface area contributed by atoms with E-state index in [9.17, 15) is 9.59 Å². The van der Waals surface area contributed by atoms with Gasteiger partial charge in [0.1, 0.15) is 5.78 Å². The van der Waals surface area contributed by atoms with Crippen LogP contribution >= 0.6 is 11.3 Å². The molecule has 0 fully saturated rings. The normalized spacial score (nSPS) is 19.2. The topological polar surface area (TPSA) is 37.4 Å². The van der Waals surface area contributed by atoms with E-state index in [0.717, 1.165) is 12.8 Å². The lowest BCUT2D eigenvalue weighted by atomic mass is 10.1. The van der Waals surface area contributed by atoms with E-state index in [1.54, 1.807) is 16.2 Å². The maximum absolute atomic E-state index is 11.9. The minimum absolute atomic E-state index is 0.0525. The van der Waals surface area contributed by atoms with Crippen LogP contribution in [-0.2, 0) is 16.0 Å². The van der Waals surface area contributed by atoms with Crippen molar-refractivity contribution in [2.24, 2.45) is 0 Å². The van der Waals surface area contributed by atoms with Crippen LogP contribution in [0.3, 0.4) is 0 Å². The van der Waals surface area contributed by atoms with Gasteiger partial charge in [0.25, 0.3) is 0 Å². The number of ketones is 1. The molecule has 1 aromatic heterocycles. The molecule has 0 unspecified atom stereocenters. The summed E-state index contributed by atoms with van der Waals surface area (Å²) < 4.78 is 0. The van der Waals surface area contributed by atoms with Crippen molar-refractivity contribution in [3.63, 3.8) is 0 Å². The van der Waals surface area contributed by atoms with Gasteiger partial charge in [0, 0.05) is 32.0 Å². The Morgan fingerprint density at radius 2 is 2.11 bits per heavy atom. The second-order valence-corrected chi connectivity index (χ2v) is 5.21. The Bertz CT molecular complexity index is 437. The van der Waals surface area contributed by atoms with Crippen LogP contribution < -0.4 is 0 Å². The SMILES string of the molecule is O=C1CC/C=C\N(CCc2ccsc2)C(=O)CC1. The maximum Gasteiger partial charge on any atom is 0.226 e. The van der Waals surface area contributed by atoms with Crippen LogP contribution in [0.1, 0.15) is 31.2 Å².